The van der Waals surface area contributed by atoms with Crippen LogP contribution in [0.15, 0.2) is 0 Å². The molecule has 0 spiro atoms. The van der Waals surface area contributed by atoms with Crippen LogP contribution >= 0.6 is 0 Å². The average molecular weight is 271 g/mol. The van der Waals surface area contributed by atoms with E-state index in [1.165, 1.54) is 6.92 Å². The summed E-state index contributed by atoms with van der Waals surface area (Å²) < 4.78 is 0. The van der Waals surface area contributed by atoms with Gasteiger partial charge >= 0.3 is 5.97 Å². The Hall–Kier alpha value is -1.10. The highest BCUT2D eigenvalue weighted by atomic mass is 16.4. The molecule has 1 rings (SSSR count). The zero-order chi connectivity index (χ0) is 14.6. The molecule has 0 aromatic heterocycles. The van der Waals surface area contributed by atoms with Crippen LogP contribution < -0.4 is 5.32 Å². The molecule has 110 valence electrons. The zero-order valence-corrected chi connectivity index (χ0v) is 11.9. The Labute approximate surface area is 114 Å². The number of aliphatic carboxylic acids is 1. The van der Waals surface area contributed by atoms with Crippen LogP contribution in [0.25, 0.3) is 0 Å². The van der Waals surface area contributed by atoms with E-state index in [-0.39, 0.29) is 23.8 Å². The number of carboxylic acid groups (broad SMARTS) is 1. The van der Waals surface area contributed by atoms with Crippen molar-refractivity contribution in [1.29, 1.82) is 0 Å². The Kier molecular flexibility index (Phi) is 5.79. The maximum Gasteiger partial charge on any atom is 0.309 e. The quantitative estimate of drug-likeness (QED) is 0.681. The summed E-state index contributed by atoms with van der Waals surface area (Å²) in [6.45, 7) is 5.57. The molecule has 0 aliphatic heterocycles. The largest absolute Gasteiger partial charge is 0.481 e. The van der Waals surface area contributed by atoms with Crippen molar-refractivity contribution in [2.45, 2.75) is 58.6 Å². The molecular weight excluding hydrogens is 246 g/mol. The molecule has 0 saturated heterocycles. The van der Waals surface area contributed by atoms with Crippen LogP contribution in [0.1, 0.15) is 46.5 Å². The van der Waals surface area contributed by atoms with Gasteiger partial charge in [-0.2, -0.15) is 0 Å². The molecule has 1 aliphatic rings. The summed E-state index contributed by atoms with van der Waals surface area (Å²) in [5.41, 5.74) is 0. The lowest BCUT2D eigenvalue weighted by atomic mass is 9.82. The van der Waals surface area contributed by atoms with E-state index in [0.29, 0.717) is 12.8 Å². The van der Waals surface area contributed by atoms with Crippen molar-refractivity contribution < 1.29 is 19.8 Å². The first-order chi connectivity index (χ1) is 8.92. The Bertz CT molecular complexity index is 327. The summed E-state index contributed by atoms with van der Waals surface area (Å²) in [6.07, 6.45) is 2.08. The molecule has 0 aromatic carbocycles. The predicted octanol–water partition coefficient (Wildman–Crippen LogP) is 1.40. The molecule has 1 saturated carbocycles. The molecule has 0 radical (unpaired) electrons. The van der Waals surface area contributed by atoms with E-state index in [1.807, 2.05) is 0 Å². The number of rotatable bonds is 6. The maximum absolute atomic E-state index is 11.4. The van der Waals surface area contributed by atoms with Gasteiger partial charge in [0.25, 0.3) is 0 Å². The van der Waals surface area contributed by atoms with E-state index in [0.717, 1.165) is 12.8 Å². The number of hydrogen-bond acceptors (Lipinski definition) is 3. The summed E-state index contributed by atoms with van der Waals surface area (Å²) >= 11 is 0. The van der Waals surface area contributed by atoms with Gasteiger partial charge in [0, 0.05) is 18.9 Å². The third-order valence-corrected chi connectivity index (χ3v) is 4.37. The molecule has 5 heteroatoms. The van der Waals surface area contributed by atoms with Gasteiger partial charge in [0.15, 0.2) is 0 Å². The Morgan fingerprint density at radius 1 is 1.26 bits per heavy atom. The Morgan fingerprint density at radius 3 is 2.21 bits per heavy atom. The standard InChI is InChI=1S/C14H25NO4/c1-4-9(5-2)12(15-8(3)16)10-6-7-11(13(10)17)14(18)19/h9-13,17H,4-7H2,1-3H3,(H,15,16)(H,18,19)/t10-,11+,12+,13+/m1/s1. The normalized spacial score (nSPS) is 28.4. The molecule has 3 N–H and O–H groups in total. The number of carbonyl (C=O) groups is 2. The lowest BCUT2D eigenvalue weighted by molar-refractivity contribution is -0.145. The summed E-state index contributed by atoms with van der Waals surface area (Å²) in [6, 6.07) is -0.133. The monoisotopic (exact) mass is 271 g/mol. The van der Waals surface area contributed by atoms with Gasteiger partial charge in [-0.15, -0.1) is 0 Å². The van der Waals surface area contributed by atoms with Crippen molar-refractivity contribution >= 4 is 11.9 Å². The van der Waals surface area contributed by atoms with Gasteiger partial charge in [-0.3, -0.25) is 9.59 Å². The lowest BCUT2D eigenvalue weighted by Gasteiger charge is -2.33. The summed E-state index contributed by atoms with van der Waals surface area (Å²) in [7, 11) is 0. The number of nitrogens with one attached hydrogen (secondary N) is 1. The Balaban J connectivity index is 2.86. The zero-order valence-electron chi connectivity index (χ0n) is 11.9. The minimum atomic E-state index is -0.943. The molecule has 1 fully saturated rings. The predicted molar refractivity (Wildman–Crippen MR) is 71.5 cm³/mol. The van der Waals surface area contributed by atoms with Gasteiger partial charge in [0.2, 0.25) is 5.91 Å². The lowest BCUT2D eigenvalue weighted by Crippen LogP contribution is -2.48. The number of aliphatic hydroxyl groups excluding tert-OH is 1. The summed E-state index contributed by atoms with van der Waals surface area (Å²) in [4.78, 5) is 22.4. The van der Waals surface area contributed by atoms with E-state index in [4.69, 9.17) is 5.11 Å². The van der Waals surface area contributed by atoms with Crippen LogP contribution in [0, 0.1) is 17.8 Å². The smallest absolute Gasteiger partial charge is 0.309 e. The van der Waals surface area contributed by atoms with Crippen LogP contribution in [0.4, 0.5) is 0 Å². The van der Waals surface area contributed by atoms with E-state index < -0.39 is 18.0 Å². The van der Waals surface area contributed by atoms with Crippen molar-refractivity contribution in [3.63, 3.8) is 0 Å². The minimum Gasteiger partial charge on any atom is -0.481 e. The molecule has 0 unspecified atom stereocenters. The van der Waals surface area contributed by atoms with Crippen LogP contribution in [0.5, 0.6) is 0 Å². The topological polar surface area (TPSA) is 86.6 Å². The summed E-state index contributed by atoms with van der Waals surface area (Å²) in [5, 5.41) is 22.2. The third kappa shape index (κ3) is 3.69. The van der Waals surface area contributed by atoms with Crippen molar-refractivity contribution in [1.82, 2.24) is 5.32 Å². The number of carbonyl (C=O) groups excluding carboxylic acids is 1. The fraction of sp³-hybridized carbons (Fsp3) is 0.857. The summed E-state index contributed by atoms with van der Waals surface area (Å²) in [5.74, 6) is -1.65. The molecular formula is C14H25NO4. The number of aliphatic hydroxyl groups is 1. The van der Waals surface area contributed by atoms with Crippen molar-refractivity contribution in [2.24, 2.45) is 17.8 Å². The SMILES string of the molecule is CCC(CC)[C@H](NC(C)=O)[C@H]1CC[C@H](C(=O)O)[C@H]1O. The van der Waals surface area contributed by atoms with Gasteiger partial charge < -0.3 is 15.5 Å². The van der Waals surface area contributed by atoms with Crippen LogP contribution in [-0.4, -0.2) is 34.2 Å². The number of hydrogen-bond donors (Lipinski definition) is 3. The highest BCUT2D eigenvalue weighted by Crippen LogP contribution is 2.37. The molecule has 0 heterocycles. The highest BCUT2D eigenvalue weighted by molar-refractivity contribution is 5.73. The third-order valence-electron chi connectivity index (χ3n) is 4.37. The first-order valence-corrected chi connectivity index (χ1v) is 7.10. The molecule has 19 heavy (non-hydrogen) atoms. The van der Waals surface area contributed by atoms with Crippen LogP contribution in [0.2, 0.25) is 0 Å². The van der Waals surface area contributed by atoms with Crippen molar-refractivity contribution in [3.8, 4) is 0 Å². The maximum atomic E-state index is 11.4. The molecule has 0 aromatic rings. The average Bonchev–Trinajstić information content (AvgIpc) is 2.70. The second kappa shape index (κ2) is 6.89. The fourth-order valence-electron chi connectivity index (χ4n) is 3.28. The number of amides is 1. The second-order valence-corrected chi connectivity index (χ2v) is 5.48. The molecule has 0 bridgehead atoms. The van der Waals surface area contributed by atoms with Gasteiger partial charge in [0.05, 0.1) is 12.0 Å². The molecule has 1 aliphatic carbocycles. The van der Waals surface area contributed by atoms with Crippen molar-refractivity contribution in [2.75, 3.05) is 0 Å². The Morgan fingerprint density at radius 2 is 1.84 bits per heavy atom. The van der Waals surface area contributed by atoms with Crippen LogP contribution in [-0.2, 0) is 9.59 Å². The molecule has 4 atom stereocenters. The number of carboxylic acids is 1. The minimum absolute atomic E-state index is 0.122. The van der Waals surface area contributed by atoms with Gasteiger partial charge in [-0.05, 0) is 18.8 Å². The fourth-order valence-corrected chi connectivity index (χ4v) is 3.28. The van der Waals surface area contributed by atoms with E-state index in [1.54, 1.807) is 0 Å². The van der Waals surface area contributed by atoms with E-state index >= 15 is 0 Å². The molecule has 5 nitrogen and oxygen atoms in total. The first kappa shape index (κ1) is 16.0. The van der Waals surface area contributed by atoms with E-state index in [2.05, 4.69) is 19.2 Å². The van der Waals surface area contributed by atoms with E-state index in [9.17, 15) is 14.7 Å². The first-order valence-electron chi connectivity index (χ1n) is 7.10. The van der Waals surface area contributed by atoms with Crippen LogP contribution in [0.3, 0.4) is 0 Å². The highest BCUT2D eigenvalue weighted by Gasteiger charge is 2.44. The van der Waals surface area contributed by atoms with Gasteiger partial charge in [-0.1, -0.05) is 26.7 Å². The van der Waals surface area contributed by atoms with Crippen molar-refractivity contribution in [3.05, 3.63) is 0 Å². The second-order valence-electron chi connectivity index (χ2n) is 5.48. The molecule has 1 amide bonds. The van der Waals surface area contributed by atoms with Gasteiger partial charge in [0.1, 0.15) is 0 Å². The van der Waals surface area contributed by atoms with Gasteiger partial charge in [-0.25, -0.2) is 0 Å².